The quantitative estimate of drug-likeness (QED) is 0.789. The Morgan fingerprint density at radius 2 is 1.89 bits per heavy atom. The molecule has 0 aliphatic rings. The highest BCUT2D eigenvalue weighted by atomic mass is 127. The van der Waals surface area contributed by atoms with Crippen LogP contribution in [0.2, 0.25) is 0 Å². The van der Waals surface area contributed by atoms with E-state index in [0.717, 1.165) is 9.26 Å². The molecule has 1 N–H and O–H groups in total. The number of hydrogen-bond acceptors (Lipinski definition) is 3. The first-order valence-corrected chi connectivity index (χ1v) is 6.90. The molecule has 1 rings (SSSR count). The number of nitrogens with one attached hydrogen (secondary N) is 1. The molecule has 1 aromatic carbocycles. The Bertz CT molecular complexity index is 463. The van der Waals surface area contributed by atoms with E-state index in [2.05, 4.69) is 27.9 Å². The lowest BCUT2D eigenvalue weighted by Gasteiger charge is -2.18. The highest BCUT2D eigenvalue weighted by molar-refractivity contribution is 14.1. The molecule has 0 aromatic heterocycles. The molecule has 5 nitrogen and oxygen atoms in total. The minimum Gasteiger partial charge on any atom is -0.348 e. The lowest BCUT2D eigenvalue weighted by atomic mass is 10.3. The normalized spacial score (nSPS) is 10.4. The third-order valence-electron chi connectivity index (χ3n) is 2.43. The average Bonchev–Trinajstić information content (AvgIpc) is 2.27. The van der Waals surface area contributed by atoms with E-state index in [4.69, 9.17) is 0 Å². The maximum atomic E-state index is 11.8. The lowest BCUT2D eigenvalue weighted by molar-refractivity contribution is -0.130. The summed E-state index contributed by atoms with van der Waals surface area (Å²) in [7, 11) is 5.14. The summed E-state index contributed by atoms with van der Waals surface area (Å²) in [5.74, 6) is -0.152. The van der Waals surface area contributed by atoms with E-state index in [1.54, 1.807) is 26.0 Å². The second-order valence-electron chi connectivity index (χ2n) is 4.52. The van der Waals surface area contributed by atoms with Gasteiger partial charge >= 0.3 is 0 Å². The largest absolute Gasteiger partial charge is 0.348 e. The third kappa shape index (κ3) is 6.02. The minimum atomic E-state index is -0.129. The fourth-order valence-corrected chi connectivity index (χ4v) is 1.98. The first-order chi connectivity index (χ1) is 8.88. The Morgan fingerprint density at radius 1 is 1.21 bits per heavy atom. The van der Waals surface area contributed by atoms with E-state index in [1.807, 2.05) is 24.3 Å². The molecule has 0 spiro atoms. The Morgan fingerprint density at radius 3 is 2.47 bits per heavy atom. The number of halogens is 1. The molecule has 2 amide bonds. The van der Waals surface area contributed by atoms with Gasteiger partial charge in [-0.3, -0.25) is 14.5 Å². The van der Waals surface area contributed by atoms with Gasteiger partial charge in [0, 0.05) is 23.4 Å². The van der Waals surface area contributed by atoms with Crippen LogP contribution in [0, 0.1) is 3.57 Å². The highest BCUT2D eigenvalue weighted by Gasteiger charge is 2.12. The smallest absolute Gasteiger partial charge is 0.238 e. The fourth-order valence-electron chi connectivity index (χ4n) is 1.44. The van der Waals surface area contributed by atoms with Gasteiger partial charge in [0.05, 0.1) is 13.1 Å². The number of amides is 2. The summed E-state index contributed by atoms with van der Waals surface area (Å²) in [5, 5.41) is 2.81. The van der Waals surface area contributed by atoms with E-state index < -0.39 is 0 Å². The number of likely N-dealkylation sites (N-methyl/N-ethyl adjacent to an activating group) is 2. The van der Waals surface area contributed by atoms with Crippen LogP contribution in [-0.4, -0.2) is 55.8 Å². The van der Waals surface area contributed by atoms with Gasteiger partial charge in [-0.15, -0.1) is 0 Å². The van der Waals surface area contributed by atoms with Crippen molar-refractivity contribution in [3.8, 4) is 0 Å². The molecule has 0 unspecified atom stereocenters. The van der Waals surface area contributed by atoms with Crippen LogP contribution in [0.4, 0.5) is 5.69 Å². The van der Waals surface area contributed by atoms with E-state index >= 15 is 0 Å². The van der Waals surface area contributed by atoms with Gasteiger partial charge in [-0.1, -0.05) is 6.07 Å². The van der Waals surface area contributed by atoms with Crippen LogP contribution in [0.1, 0.15) is 0 Å². The number of rotatable bonds is 5. The van der Waals surface area contributed by atoms with E-state index in [0.29, 0.717) is 0 Å². The van der Waals surface area contributed by atoms with Crippen LogP contribution >= 0.6 is 22.6 Å². The number of nitrogens with zero attached hydrogens (tertiary/aromatic N) is 2. The molecule has 0 fully saturated rings. The van der Waals surface area contributed by atoms with Crippen molar-refractivity contribution in [2.45, 2.75) is 0 Å². The summed E-state index contributed by atoms with van der Waals surface area (Å²) in [6, 6.07) is 7.57. The number of anilines is 1. The van der Waals surface area contributed by atoms with Gasteiger partial charge in [0.25, 0.3) is 0 Å². The van der Waals surface area contributed by atoms with Crippen molar-refractivity contribution in [1.29, 1.82) is 0 Å². The molecule has 0 saturated heterocycles. The standard InChI is InChI=1S/C13H18IN3O2/c1-16(2)13(19)9-17(3)8-12(18)15-11-6-4-5-10(14)7-11/h4-7H,8-9H2,1-3H3,(H,15,18). The molecule has 0 saturated carbocycles. The third-order valence-corrected chi connectivity index (χ3v) is 3.10. The molecular formula is C13H18IN3O2. The molecule has 0 atom stereocenters. The second kappa shape index (κ2) is 7.44. The zero-order valence-electron chi connectivity index (χ0n) is 11.3. The van der Waals surface area contributed by atoms with Gasteiger partial charge in [0.2, 0.25) is 11.8 Å². The molecule has 0 aliphatic heterocycles. The Kier molecular flexibility index (Phi) is 6.23. The zero-order chi connectivity index (χ0) is 14.4. The second-order valence-corrected chi connectivity index (χ2v) is 5.76. The summed E-state index contributed by atoms with van der Waals surface area (Å²) < 4.78 is 1.06. The van der Waals surface area contributed by atoms with E-state index in [1.165, 1.54) is 4.90 Å². The van der Waals surface area contributed by atoms with Gasteiger partial charge < -0.3 is 10.2 Å². The maximum Gasteiger partial charge on any atom is 0.238 e. The summed E-state index contributed by atoms with van der Waals surface area (Å²) in [5.41, 5.74) is 0.768. The average molecular weight is 375 g/mol. The van der Waals surface area contributed by atoms with Crippen molar-refractivity contribution in [3.05, 3.63) is 27.8 Å². The SMILES string of the molecule is CN(CC(=O)Nc1cccc(I)c1)CC(=O)N(C)C. The fraction of sp³-hybridized carbons (Fsp3) is 0.385. The predicted molar refractivity (Wildman–Crippen MR) is 84.0 cm³/mol. The molecule has 0 aliphatic carbocycles. The number of carbonyl (C=O) groups excluding carboxylic acids is 2. The molecule has 19 heavy (non-hydrogen) atoms. The van der Waals surface area contributed by atoms with Gasteiger partial charge in [0.1, 0.15) is 0 Å². The summed E-state index contributed by atoms with van der Waals surface area (Å²) in [6.07, 6.45) is 0. The number of carbonyl (C=O) groups is 2. The van der Waals surface area contributed by atoms with E-state index in [9.17, 15) is 9.59 Å². The van der Waals surface area contributed by atoms with Crippen molar-refractivity contribution in [1.82, 2.24) is 9.80 Å². The van der Waals surface area contributed by atoms with Gasteiger partial charge in [0.15, 0.2) is 0 Å². The molecule has 6 heteroatoms. The topological polar surface area (TPSA) is 52.7 Å². The first kappa shape index (κ1) is 15.9. The number of hydrogen-bond donors (Lipinski definition) is 1. The summed E-state index contributed by atoms with van der Waals surface area (Å²) in [6.45, 7) is 0.414. The van der Waals surface area contributed by atoms with Crippen LogP contribution in [0.15, 0.2) is 24.3 Å². The summed E-state index contributed by atoms with van der Waals surface area (Å²) >= 11 is 2.19. The molecule has 0 radical (unpaired) electrons. The van der Waals surface area contributed by atoms with Gasteiger partial charge in [-0.05, 0) is 47.8 Å². The Hall–Kier alpha value is -1.15. The van der Waals surface area contributed by atoms with Crippen LogP contribution in [0.5, 0.6) is 0 Å². The van der Waals surface area contributed by atoms with Gasteiger partial charge in [-0.25, -0.2) is 0 Å². The summed E-state index contributed by atoms with van der Waals surface area (Å²) in [4.78, 5) is 26.5. The Labute approximate surface area is 127 Å². The maximum absolute atomic E-state index is 11.8. The van der Waals surface area contributed by atoms with E-state index in [-0.39, 0.29) is 24.9 Å². The monoisotopic (exact) mass is 375 g/mol. The van der Waals surface area contributed by atoms with Crippen molar-refractivity contribution in [2.24, 2.45) is 0 Å². The highest BCUT2D eigenvalue weighted by Crippen LogP contribution is 2.12. The minimum absolute atomic E-state index is 0.0236. The first-order valence-electron chi connectivity index (χ1n) is 5.82. The van der Waals surface area contributed by atoms with Gasteiger partial charge in [-0.2, -0.15) is 0 Å². The molecular weight excluding hydrogens is 357 g/mol. The molecule has 1 aromatic rings. The van der Waals surface area contributed by atoms with Crippen LogP contribution in [-0.2, 0) is 9.59 Å². The van der Waals surface area contributed by atoms with Crippen LogP contribution < -0.4 is 5.32 Å². The van der Waals surface area contributed by atoms with Crippen molar-refractivity contribution >= 4 is 40.1 Å². The lowest BCUT2D eigenvalue weighted by Crippen LogP contribution is -2.38. The zero-order valence-corrected chi connectivity index (χ0v) is 13.5. The Balaban J connectivity index is 2.45. The van der Waals surface area contributed by atoms with Crippen molar-refractivity contribution in [2.75, 3.05) is 39.5 Å². The molecule has 104 valence electrons. The molecule has 0 heterocycles. The molecule has 0 bridgehead atoms. The number of benzene rings is 1. The van der Waals surface area contributed by atoms with Crippen LogP contribution in [0.25, 0.3) is 0 Å². The predicted octanol–water partition coefficient (Wildman–Crippen LogP) is 1.25. The van der Waals surface area contributed by atoms with Crippen molar-refractivity contribution < 1.29 is 9.59 Å². The van der Waals surface area contributed by atoms with Crippen LogP contribution in [0.3, 0.4) is 0 Å². The van der Waals surface area contributed by atoms with Crippen molar-refractivity contribution in [3.63, 3.8) is 0 Å².